The molecule has 0 saturated carbocycles. The van der Waals surface area contributed by atoms with Crippen LogP contribution in [0, 0.1) is 0 Å². The van der Waals surface area contributed by atoms with Crippen molar-refractivity contribution in [2.45, 2.75) is 13.5 Å². The Balaban J connectivity index is 1.53. The minimum absolute atomic E-state index is 0.211. The Labute approximate surface area is 242 Å². The van der Waals surface area contributed by atoms with Crippen LogP contribution in [0.3, 0.4) is 0 Å². The van der Waals surface area contributed by atoms with E-state index in [1.54, 1.807) is 42.5 Å². The number of amides is 2. The highest BCUT2D eigenvalue weighted by Gasteiger charge is 2.34. The lowest BCUT2D eigenvalue weighted by Crippen LogP contribution is -2.44. The maximum absolute atomic E-state index is 13.0. The van der Waals surface area contributed by atoms with Crippen molar-refractivity contribution in [1.82, 2.24) is 10.4 Å². The van der Waals surface area contributed by atoms with Crippen molar-refractivity contribution in [2.24, 2.45) is 0 Å². The van der Waals surface area contributed by atoms with Crippen molar-refractivity contribution >= 4 is 85.3 Å². The summed E-state index contributed by atoms with van der Waals surface area (Å²) < 4.78 is 12.7. The van der Waals surface area contributed by atoms with Gasteiger partial charge in [0.05, 0.1) is 16.0 Å². The lowest BCUT2D eigenvalue weighted by Gasteiger charge is -2.16. The number of thioether (sulfide) groups is 1. The quantitative estimate of drug-likeness (QED) is 0.207. The molecule has 0 aromatic heterocycles. The number of thiocarbonyl (C=S) groups is 1. The number of ether oxygens (including phenoxy) is 2. The predicted octanol–water partition coefficient (Wildman–Crippen LogP) is 7.28. The predicted molar refractivity (Wildman–Crippen MR) is 155 cm³/mol. The molecule has 6 nitrogen and oxygen atoms in total. The Morgan fingerprint density at radius 3 is 2.57 bits per heavy atom. The van der Waals surface area contributed by atoms with Crippen LogP contribution in [0.15, 0.2) is 70.0 Å². The first-order valence-corrected chi connectivity index (χ1v) is 13.7. The van der Waals surface area contributed by atoms with Gasteiger partial charge >= 0.3 is 0 Å². The number of hydrazine groups is 1. The topological polar surface area (TPSA) is 67.9 Å². The van der Waals surface area contributed by atoms with Crippen molar-refractivity contribution in [3.05, 3.63) is 96.8 Å². The van der Waals surface area contributed by atoms with Crippen molar-refractivity contribution in [1.29, 1.82) is 0 Å². The van der Waals surface area contributed by atoms with Gasteiger partial charge in [0.15, 0.2) is 15.8 Å². The van der Waals surface area contributed by atoms with Crippen molar-refractivity contribution in [3.63, 3.8) is 0 Å². The zero-order valence-corrected chi connectivity index (χ0v) is 24.0. The number of carbonyl (C=O) groups excluding carboxylic acids is 2. The third-order valence-electron chi connectivity index (χ3n) is 5.07. The van der Waals surface area contributed by atoms with Gasteiger partial charge in [-0.3, -0.25) is 15.0 Å². The SMILES string of the molecule is CCOc1cc(/C=C2/SC(=S)N(NC(=O)c3ccc(Cl)cc3)C2=O)cc(Br)c1OCc1ccccc1Cl. The molecule has 3 aromatic carbocycles. The van der Waals surface area contributed by atoms with Crippen LogP contribution in [0.25, 0.3) is 6.08 Å². The van der Waals surface area contributed by atoms with Crippen LogP contribution in [0.1, 0.15) is 28.4 Å². The molecule has 1 aliphatic heterocycles. The summed E-state index contributed by atoms with van der Waals surface area (Å²) in [6.45, 7) is 2.54. The minimum Gasteiger partial charge on any atom is -0.490 e. The second-order valence-corrected chi connectivity index (χ2v) is 11.0. The van der Waals surface area contributed by atoms with E-state index in [4.69, 9.17) is 44.9 Å². The molecule has 1 heterocycles. The van der Waals surface area contributed by atoms with E-state index in [1.807, 2.05) is 31.2 Å². The number of benzene rings is 3. The molecule has 11 heteroatoms. The van der Waals surface area contributed by atoms with Crippen molar-refractivity contribution in [3.8, 4) is 11.5 Å². The average Bonchev–Trinajstić information content (AvgIpc) is 3.12. The second kappa shape index (κ2) is 12.3. The number of hydrogen-bond acceptors (Lipinski definition) is 6. The second-order valence-electron chi connectivity index (χ2n) is 7.61. The number of carbonyl (C=O) groups is 2. The Hall–Kier alpha value is -2.56. The monoisotopic (exact) mass is 636 g/mol. The molecule has 0 radical (unpaired) electrons. The zero-order valence-electron chi connectivity index (χ0n) is 19.3. The van der Waals surface area contributed by atoms with Crippen LogP contribution < -0.4 is 14.9 Å². The molecule has 0 unspecified atom stereocenters. The minimum atomic E-state index is -0.476. The molecule has 1 aliphatic rings. The van der Waals surface area contributed by atoms with E-state index in [1.165, 1.54) is 0 Å². The molecule has 0 spiro atoms. The lowest BCUT2D eigenvalue weighted by molar-refractivity contribution is -0.123. The van der Waals surface area contributed by atoms with Gasteiger partial charge in [-0.2, -0.15) is 5.01 Å². The number of rotatable bonds is 8. The van der Waals surface area contributed by atoms with Gasteiger partial charge < -0.3 is 9.47 Å². The Morgan fingerprint density at radius 1 is 1.14 bits per heavy atom. The largest absolute Gasteiger partial charge is 0.490 e. The Bertz CT molecular complexity index is 1400. The first-order chi connectivity index (χ1) is 17.8. The van der Waals surface area contributed by atoms with E-state index < -0.39 is 11.8 Å². The lowest BCUT2D eigenvalue weighted by atomic mass is 10.1. The summed E-state index contributed by atoms with van der Waals surface area (Å²) in [4.78, 5) is 25.9. The maximum atomic E-state index is 13.0. The van der Waals surface area contributed by atoms with Crippen LogP contribution in [0.5, 0.6) is 11.5 Å². The van der Waals surface area contributed by atoms with Gasteiger partial charge in [0.25, 0.3) is 11.8 Å². The molecule has 4 rings (SSSR count). The number of nitrogens with one attached hydrogen (secondary N) is 1. The summed E-state index contributed by atoms with van der Waals surface area (Å²) in [5.74, 6) is 0.101. The Kier molecular flexibility index (Phi) is 9.15. The van der Waals surface area contributed by atoms with E-state index in [-0.39, 0.29) is 10.9 Å². The van der Waals surface area contributed by atoms with Gasteiger partial charge in [-0.05, 0) is 89.2 Å². The van der Waals surface area contributed by atoms with E-state index in [0.29, 0.717) is 48.7 Å². The molecule has 37 heavy (non-hydrogen) atoms. The van der Waals surface area contributed by atoms with Gasteiger partial charge in [0, 0.05) is 21.2 Å². The molecule has 190 valence electrons. The Morgan fingerprint density at radius 2 is 1.86 bits per heavy atom. The van der Waals surface area contributed by atoms with Gasteiger partial charge in [-0.25, -0.2) is 0 Å². The fourth-order valence-corrected chi connectivity index (χ4v) is 5.39. The number of halogens is 3. The van der Waals surface area contributed by atoms with Gasteiger partial charge in [0.1, 0.15) is 6.61 Å². The fourth-order valence-electron chi connectivity index (χ4n) is 3.32. The zero-order chi connectivity index (χ0) is 26.5. The number of nitrogens with zero attached hydrogens (tertiary/aromatic N) is 1. The summed E-state index contributed by atoms with van der Waals surface area (Å²) in [5.41, 5.74) is 4.43. The summed E-state index contributed by atoms with van der Waals surface area (Å²) in [6, 6.07) is 17.3. The van der Waals surface area contributed by atoms with Crippen LogP contribution >= 0.6 is 63.1 Å². The standard InChI is InChI=1S/C26H19BrCl2N2O4S2/c1-2-34-21-12-15(11-19(27)23(21)35-14-17-5-3-4-6-20(17)29)13-22-25(33)31(26(36)37-22)30-24(32)16-7-9-18(28)10-8-16/h3-13H,2,14H2,1H3,(H,30,32)/b22-13+. The molecule has 1 N–H and O–H groups in total. The van der Waals surface area contributed by atoms with Crippen LogP contribution in [-0.2, 0) is 11.4 Å². The highest BCUT2D eigenvalue weighted by Crippen LogP contribution is 2.40. The van der Waals surface area contributed by atoms with E-state index in [0.717, 1.165) is 22.3 Å². The molecule has 2 amide bonds. The number of hydrogen-bond donors (Lipinski definition) is 1. The highest BCUT2D eigenvalue weighted by molar-refractivity contribution is 9.10. The molecule has 0 bridgehead atoms. The molecule has 1 fully saturated rings. The summed E-state index contributed by atoms with van der Waals surface area (Å²) in [5, 5.41) is 2.17. The molecule has 1 saturated heterocycles. The normalized spacial score (nSPS) is 14.3. The van der Waals surface area contributed by atoms with Crippen molar-refractivity contribution < 1.29 is 19.1 Å². The van der Waals surface area contributed by atoms with E-state index in [9.17, 15) is 9.59 Å². The van der Waals surface area contributed by atoms with Crippen LogP contribution in [-0.4, -0.2) is 27.8 Å². The van der Waals surface area contributed by atoms with Gasteiger partial charge in [-0.15, -0.1) is 0 Å². The third-order valence-corrected chi connectivity index (χ3v) is 7.58. The smallest absolute Gasteiger partial charge is 0.285 e. The first kappa shape index (κ1) is 27.5. The fraction of sp³-hybridized carbons (Fsp3) is 0.115. The van der Waals surface area contributed by atoms with Crippen molar-refractivity contribution in [2.75, 3.05) is 6.61 Å². The molecule has 0 aliphatic carbocycles. The summed E-state index contributed by atoms with van der Waals surface area (Å²) >= 11 is 22.1. The van der Waals surface area contributed by atoms with Crippen LogP contribution in [0.2, 0.25) is 10.0 Å². The first-order valence-electron chi connectivity index (χ1n) is 10.9. The molecule has 3 aromatic rings. The summed E-state index contributed by atoms with van der Waals surface area (Å²) in [6.07, 6.45) is 1.68. The highest BCUT2D eigenvalue weighted by atomic mass is 79.9. The van der Waals surface area contributed by atoms with E-state index in [2.05, 4.69) is 21.4 Å². The third kappa shape index (κ3) is 6.66. The van der Waals surface area contributed by atoms with E-state index >= 15 is 0 Å². The van der Waals surface area contributed by atoms with Gasteiger partial charge in [0.2, 0.25) is 0 Å². The van der Waals surface area contributed by atoms with Gasteiger partial charge in [-0.1, -0.05) is 53.2 Å². The maximum Gasteiger partial charge on any atom is 0.285 e. The molecular weight excluding hydrogens is 619 g/mol. The summed E-state index contributed by atoms with van der Waals surface area (Å²) in [7, 11) is 0. The molecule has 0 atom stereocenters. The molecular formula is C26H19BrCl2N2O4S2. The average molecular weight is 638 g/mol. The van der Waals surface area contributed by atoms with Crippen LogP contribution in [0.4, 0.5) is 0 Å².